The topological polar surface area (TPSA) is 70.8 Å². The zero-order valence-electron chi connectivity index (χ0n) is 12.7. The van der Waals surface area contributed by atoms with Gasteiger partial charge in [0.05, 0.1) is 18.8 Å². The Labute approximate surface area is 125 Å². The molecule has 0 aromatic heterocycles. The van der Waals surface area contributed by atoms with Crippen LogP contribution in [0.5, 0.6) is 5.75 Å². The number of nitrogens with zero attached hydrogens (tertiary/aromatic N) is 2. The van der Waals surface area contributed by atoms with Crippen LogP contribution in [0, 0.1) is 0 Å². The van der Waals surface area contributed by atoms with E-state index in [1.165, 1.54) is 0 Å². The molecule has 21 heavy (non-hydrogen) atoms. The molecule has 1 aromatic rings. The Morgan fingerprint density at radius 1 is 1.33 bits per heavy atom. The molecule has 116 valence electrons. The number of carbonyl (C=O) groups excluding carboxylic acids is 1. The standard InChI is InChI=1S/C15H24N4O2/c1-17-12(15(16)20)11-18-7-9-19(10-8-18)13-5-3-4-6-14(13)21-2/h3-6,12,17H,7-11H2,1-2H3,(H2,16,20). The Morgan fingerprint density at radius 2 is 2.00 bits per heavy atom. The van der Waals surface area contributed by atoms with Crippen LogP contribution >= 0.6 is 0 Å². The highest BCUT2D eigenvalue weighted by Crippen LogP contribution is 2.28. The first-order valence-corrected chi connectivity index (χ1v) is 7.22. The summed E-state index contributed by atoms with van der Waals surface area (Å²) in [5.74, 6) is 0.598. The number of anilines is 1. The van der Waals surface area contributed by atoms with Crippen LogP contribution in [0.15, 0.2) is 24.3 Å². The number of hydrogen-bond donors (Lipinski definition) is 2. The summed E-state index contributed by atoms with van der Waals surface area (Å²) in [7, 11) is 3.46. The molecule has 1 heterocycles. The lowest BCUT2D eigenvalue weighted by Crippen LogP contribution is -2.53. The van der Waals surface area contributed by atoms with Crippen molar-refractivity contribution in [3.63, 3.8) is 0 Å². The van der Waals surface area contributed by atoms with Crippen molar-refractivity contribution < 1.29 is 9.53 Å². The van der Waals surface area contributed by atoms with E-state index in [0.29, 0.717) is 6.54 Å². The third kappa shape index (κ3) is 3.86. The Balaban J connectivity index is 1.92. The molecule has 1 aliphatic rings. The molecular formula is C15H24N4O2. The van der Waals surface area contributed by atoms with E-state index in [1.54, 1.807) is 14.2 Å². The minimum atomic E-state index is -0.301. The highest BCUT2D eigenvalue weighted by atomic mass is 16.5. The lowest BCUT2D eigenvalue weighted by atomic mass is 10.2. The minimum Gasteiger partial charge on any atom is -0.495 e. The molecule has 1 saturated heterocycles. The Hall–Kier alpha value is -1.79. The van der Waals surface area contributed by atoms with Crippen LogP contribution in [0.25, 0.3) is 0 Å². The van der Waals surface area contributed by atoms with Gasteiger partial charge < -0.3 is 20.7 Å². The molecular weight excluding hydrogens is 268 g/mol. The van der Waals surface area contributed by atoms with E-state index in [4.69, 9.17) is 10.5 Å². The van der Waals surface area contributed by atoms with Gasteiger partial charge in [-0.3, -0.25) is 9.69 Å². The molecule has 6 nitrogen and oxygen atoms in total. The molecule has 1 fully saturated rings. The van der Waals surface area contributed by atoms with Crippen molar-refractivity contribution in [1.82, 2.24) is 10.2 Å². The lowest BCUT2D eigenvalue weighted by molar-refractivity contribution is -0.120. The number of piperazine rings is 1. The van der Waals surface area contributed by atoms with E-state index in [2.05, 4.69) is 21.2 Å². The van der Waals surface area contributed by atoms with Crippen LogP contribution in [0.4, 0.5) is 5.69 Å². The summed E-state index contributed by atoms with van der Waals surface area (Å²) in [4.78, 5) is 15.9. The second-order valence-electron chi connectivity index (χ2n) is 5.20. The van der Waals surface area contributed by atoms with Crippen LogP contribution in [-0.2, 0) is 4.79 Å². The SMILES string of the molecule is CNC(CN1CCN(c2ccccc2OC)CC1)C(N)=O. The summed E-state index contributed by atoms with van der Waals surface area (Å²) in [5, 5.41) is 2.96. The van der Waals surface area contributed by atoms with Gasteiger partial charge in [-0.1, -0.05) is 12.1 Å². The highest BCUT2D eigenvalue weighted by molar-refractivity contribution is 5.80. The highest BCUT2D eigenvalue weighted by Gasteiger charge is 2.23. The van der Waals surface area contributed by atoms with E-state index in [-0.39, 0.29) is 11.9 Å². The van der Waals surface area contributed by atoms with Crippen molar-refractivity contribution in [2.75, 3.05) is 51.8 Å². The molecule has 0 radical (unpaired) electrons. The van der Waals surface area contributed by atoms with Crippen molar-refractivity contribution >= 4 is 11.6 Å². The smallest absolute Gasteiger partial charge is 0.235 e. The second-order valence-corrected chi connectivity index (χ2v) is 5.20. The predicted molar refractivity (Wildman–Crippen MR) is 83.7 cm³/mol. The van der Waals surface area contributed by atoms with Gasteiger partial charge in [-0.15, -0.1) is 0 Å². The number of hydrogen-bond acceptors (Lipinski definition) is 5. The number of amides is 1. The third-order valence-corrected chi connectivity index (χ3v) is 3.93. The number of methoxy groups -OCH3 is 1. The maximum absolute atomic E-state index is 11.3. The molecule has 1 aromatic carbocycles. The van der Waals surface area contributed by atoms with Crippen LogP contribution in [0.3, 0.4) is 0 Å². The van der Waals surface area contributed by atoms with E-state index in [9.17, 15) is 4.79 Å². The zero-order chi connectivity index (χ0) is 15.2. The number of para-hydroxylation sites is 2. The summed E-state index contributed by atoms with van der Waals surface area (Å²) in [6.07, 6.45) is 0. The summed E-state index contributed by atoms with van der Waals surface area (Å²) < 4.78 is 5.41. The van der Waals surface area contributed by atoms with Gasteiger partial charge in [-0.05, 0) is 19.2 Å². The van der Waals surface area contributed by atoms with E-state index < -0.39 is 0 Å². The lowest BCUT2D eigenvalue weighted by Gasteiger charge is -2.37. The normalized spacial score (nSPS) is 17.5. The second kappa shape index (κ2) is 7.28. The van der Waals surface area contributed by atoms with Crippen molar-refractivity contribution in [2.24, 2.45) is 5.73 Å². The number of likely N-dealkylation sites (N-methyl/N-ethyl adjacent to an activating group) is 1. The largest absolute Gasteiger partial charge is 0.495 e. The summed E-state index contributed by atoms with van der Waals surface area (Å²) in [6, 6.07) is 7.76. The number of rotatable bonds is 6. The molecule has 0 bridgehead atoms. The van der Waals surface area contributed by atoms with Crippen LogP contribution in [0.2, 0.25) is 0 Å². The zero-order valence-corrected chi connectivity index (χ0v) is 12.7. The van der Waals surface area contributed by atoms with Crippen LogP contribution in [-0.4, -0.2) is 63.7 Å². The quantitative estimate of drug-likeness (QED) is 0.765. The average molecular weight is 292 g/mol. The third-order valence-electron chi connectivity index (χ3n) is 3.93. The van der Waals surface area contributed by atoms with Gasteiger partial charge in [0.2, 0.25) is 5.91 Å². The van der Waals surface area contributed by atoms with Crippen molar-refractivity contribution in [3.8, 4) is 5.75 Å². The van der Waals surface area contributed by atoms with Gasteiger partial charge in [-0.2, -0.15) is 0 Å². The molecule has 6 heteroatoms. The Morgan fingerprint density at radius 3 is 2.57 bits per heavy atom. The maximum Gasteiger partial charge on any atom is 0.235 e. The molecule has 0 saturated carbocycles. The number of ether oxygens (including phenoxy) is 1. The summed E-state index contributed by atoms with van der Waals surface area (Å²) in [6.45, 7) is 4.30. The molecule has 0 aliphatic carbocycles. The van der Waals surface area contributed by atoms with E-state index in [0.717, 1.165) is 37.6 Å². The molecule has 3 N–H and O–H groups in total. The number of nitrogens with two attached hydrogens (primary N) is 1. The van der Waals surface area contributed by atoms with Gasteiger partial charge in [-0.25, -0.2) is 0 Å². The molecule has 1 amide bonds. The van der Waals surface area contributed by atoms with Crippen molar-refractivity contribution in [2.45, 2.75) is 6.04 Å². The van der Waals surface area contributed by atoms with Gasteiger partial charge in [0, 0.05) is 32.7 Å². The monoisotopic (exact) mass is 292 g/mol. The maximum atomic E-state index is 11.3. The number of benzene rings is 1. The van der Waals surface area contributed by atoms with E-state index in [1.807, 2.05) is 18.2 Å². The Kier molecular flexibility index (Phi) is 5.41. The predicted octanol–water partition coefficient (Wildman–Crippen LogP) is -0.109. The van der Waals surface area contributed by atoms with Crippen LogP contribution < -0.4 is 20.7 Å². The van der Waals surface area contributed by atoms with Gasteiger partial charge in [0.15, 0.2) is 0 Å². The molecule has 1 atom stereocenters. The number of carbonyl (C=O) groups is 1. The van der Waals surface area contributed by atoms with Crippen LogP contribution in [0.1, 0.15) is 0 Å². The summed E-state index contributed by atoms with van der Waals surface area (Å²) in [5.41, 5.74) is 6.49. The fourth-order valence-corrected chi connectivity index (χ4v) is 2.64. The van der Waals surface area contributed by atoms with Gasteiger partial charge in [0.25, 0.3) is 0 Å². The Bertz CT molecular complexity index is 472. The minimum absolute atomic E-state index is 0.289. The molecule has 1 aliphatic heterocycles. The van der Waals surface area contributed by atoms with E-state index >= 15 is 0 Å². The molecule has 2 rings (SSSR count). The first-order chi connectivity index (χ1) is 10.2. The van der Waals surface area contributed by atoms with Gasteiger partial charge in [0.1, 0.15) is 5.75 Å². The number of nitrogens with one attached hydrogen (secondary N) is 1. The first kappa shape index (κ1) is 15.6. The summed E-state index contributed by atoms with van der Waals surface area (Å²) >= 11 is 0. The molecule has 1 unspecified atom stereocenters. The average Bonchev–Trinajstić information content (AvgIpc) is 2.52. The fourth-order valence-electron chi connectivity index (χ4n) is 2.64. The van der Waals surface area contributed by atoms with Crippen molar-refractivity contribution in [3.05, 3.63) is 24.3 Å². The fraction of sp³-hybridized carbons (Fsp3) is 0.533. The van der Waals surface area contributed by atoms with Gasteiger partial charge >= 0.3 is 0 Å². The number of primary amides is 1. The first-order valence-electron chi connectivity index (χ1n) is 7.22. The molecule has 0 spiro atoms. The van der Waals surface area contributed by atoms with Crippen molar-refractivity contribution in [1.29, 1.82) is 0 Å².